The molecule has 0 fully saturated rings. The lowest BCUT2D eigenvalue weighted by molar-refractivity contribution is 0.214. The van der Waals surface area contributed by atoms with Crippen LogP contribution >= 0.6 is 15.9 Å². The van der Waals surface area contributed by atoms with E-state index in [1.807, 2.05) is 31.3 Å². The third-order valence-corrected chi connectivity index (χ3v) is 4.81. The first-order chi connectivity index (χ1) is 11.8. The molecule has 0 amide bonds. The van der Waals surface area contributed by atoms with E-state index in [4.69, 9.17) is 4.74 Å². The van der Waals surface area contributed by atoms with Crippen molar-refractivity contribution in [3.8, 4) is 5.88 Å². The van der Waals surface area contributed by atoms with Crippen molar-refractivity contribution in [3.05, 3.63) is 51.1 Å². The molecular weight excluding hydrogens is 378 g/mol. The Hall–Kier alpha value is -1.88. The van der Waals surface area contributed by atoms with Gasteiger partial charge in [-0.1, -0.05) is 18.2 Å². The zero-order valence-electron chi connectivity index (χ0n) is 15.8. The molecule has 1 atom stereocenters. The Bertz CT molecular complexity index is 754. The topological polar surface area (TPSA) is 37.7 Å². The van der Waals surface area contributed by atoms with E-state index in [2.05, 4.69) is 71.8 Å². The van der Waals surface area contributed by atoms with Crippen molar-refractivity contribution in [1.82, 2.24) is 9.88 Å². The van der Waals surface area contributed by atoms with Crippen LogP contribution in [0.5, 0.6) is 5.88 Å². The number of benzene rings is 1. The fourth-order valence-electron chi connectivity index (χ4n) is 2.70. The number of rotatable bonds is 6. The summed E-state index contributed by atoms with van der Waals surface area (Å²) in [6, 6.07) is 8.24. The summed E-state index contributed by atoms with van der Waals surface area (Å²) in [5.41, 5.74) is 5.33. The maximum Gasteiger partial charge on any atom is 0.228 e. The lowest BCUT2D eigenvalue weighted by Gasteiger charge is -2.20. The molecular formula is C20H26BrN3O. The second kappa shape index (κ2) is 8.48. The van der Waals surface area contributed by atoms with Crippen molar-refractivity contribution < 1.29 is 4.74 Å². The van der Waals surface area contributed by atoms with Gasteiger partial charge in [-0.3, -0.25) is 0 Å². The second-order valence-electron chi connectivity index (χ2n) is 6.26. The first-order valence-corrected chi connectivity index (χ1v) is 9.27. The lowest BCUT2D eigenvalue weighted by atomic mass is 9.99. The van der Waals surface area contributed by atoms with E-state index in [9.17, 15) is 0 Å². The molecule has 2 rings (SSSR count). The molecule has 0 radical (unpaired) electrons. The molecule has 134 valence electrons. The fourth-order valence-corrected chi connectivity index (χ4v) is 3.10. The molecule has 0 saturated heterocycles. The van der Waals surface area contributed by atoms with E-state index in [0.717, 1.165) is 22.4 Å². The Morgan fingerprint density at radius 3 is 2.52 bits per heavy atom. The van der Waals surface area contributed by atoms with Gasteiger partial charge in [0.05, 0.1) is 22.2 Å². The Morgan fingerprint density at radius 1 is 1.28 bits per heavy atom. The van der Waals surface area contributed by atoms with Gasteiger partial charge in [-0.2, -0.15) is 0 Å². The van der Waals surface area contributed by atoms with Gasteiger partial charge in [0.15, 0.2) is 0 Å². The van der Waals surface area contributed by atoms with Crippen LogP contribution in [-0.2, 0) is 0 Å². The smallest absolute Gasteiger partial charge is 0.228 e. The number of aromatic nitrogens is 1. The number of aryl methyl sites for hydroxylation is 3. The highest BCUT2D eigenvalue weighted by atomic mass is 79.9. The standard InChI is InChI=1S/C20H26BrN3O/c1-7-24(6)12-22-18-11-17(21)20(23-15(18)4)25-16(5)19-13(2)9-8-10-14(19)3/h8-12,16H,7H2,1-6H3. The van der Waals surface area contributed by atoms with Gasteiger partial charge in [0.2, 0.25) is 5.88 Å². The van der Waals surface area contributed by atoms with Gasteiger partial charge in [-0.15, -0.1) is 0 Å². The molecule has 0 saturated carbocycles. The highest BCUT2D eigenvalue weighted by Crippen LogP contribution is 2.33. The zero-order valence-corrected chi connectivity index (χ0v) is 17.4. The third-order valence-electron chi connectivity index (χ3n) is 4.24. The van der Waals surface area contributed by atoms with Crippen LogP contribution in [0.1, 0.15) is 42.3 Å². The highest BCUT2D eigenvalue weighted by Gasteiger charge is 2.16. The van der Waals surface area contributed by atoms with Gasteiger partial charge in [0.1, 0.15) is 6.10 Å². The second-order valence-corrected chi connectivity index (χ2v) is 7.12. The molecule has 1 heterocycles. The van der Waals surface area contributed by atoms with Crippen molar-refractivity contribution in [2.45, 2.75) is 40.7 Å². The first-order valence-electron chi connectivity index (χ1n) is 8.47. The molecule has 0 spiro atoms. The molecule has 0 aliphatic heterocycles. The van der Waals surface area contributed by atoms with E-state index < -0.39 is 0 Å². The summed E-state index contributed by atoms with van der Waals surface area (Å²) in [5, 5.41) is 0. The van der Waals surface area contributed by atoms with Crippen molar-refractivity contribution in [3.63, 3.8) is 0 Å². The first kappa shape index (κ1) is 19.4. The molecule has 1 aromatic carbocycles. The van der Waals surface area contributed by atoms with Gasteiger partial charge in [0, 0.05) is 13.6 Å². The average molecular weight is 404 g/mol. The summed E-state index contributed by atoms with van der Waals surface area (Å²) in [4.78, 5) is 11.1. The largest absolute Gasteiger partial charge is 0.469 e. The van der Waals surface area contributed by atoms with Crippen LogP contribution in [0.4, 0.5) is 5.69 Å². The van der Waals surface area contributed by atoms with Crippen LogP contribution in [0.3, 0.4) is 0 Å². The van der Waals surface area contributed by atoms with Crippen LogP contribution in [0.25, 0.3) is 0 Å². The number of halogens is 1. The Balaban J connectivity index is 2.26. The van der Waals surface area contributed by atoms with Gasteiger partial charge in [-0.25, -0.2) is 9.98 Å². The van der Waals surface area contributed by atoms with Crippen LogP contribution in [0, 0.1) is 20.8 Å². The molecule has 0 aliphatic carbocycles. The SMILES string of the molecule is CCN(C)C=Nc1cc(Br)c(OC(C)c2c(C)cccc2C)nc1C. The number of aliphatic imine (C=N–C) groups is 1. The maximum atomic E-state index is 6.16. The molecule has 0 bridgehead atoms. The molecule has 0 N–H and O–H groups in total. The van der Waals surface area contributed by atoms with Crippen molar-refractivity contribution in [2.24, 2.45) is 4.99 Å². The molecule has 1 aromatic heterocycles. The monoisotopic (exact) mass is 403 g/mol. The van der Waals surface area contributed by atoms with Gasteiger partial charge in [0.25, 0.3) is 0 Å². The van der Waals surface area contributed by atoms with Gasteiger partial charge < -0.3 is 9.64 Å². The zero-order chi connectivity index (χ0) is 18.6. The van der Waals surface area contributed by atoms with Crippen molar-refractivity contribution >= 4 is 28.0 Å². The van der Waals surface area contributed by atoms with E-state index in [1.165, 1.54) is 16.7 Å². The average Bonchev–Trinajstić information content (AvgIpc) is 2.56. The van der Waals surface area contributed by atoms with E-state index in [1.54, 1.807) is 0 Å². The maximum absolute atomic E-state index is 6.16. The lowest BCUT2D eigenvalue weighted by Crippen LogP contribution is -2.14. The summed E-state index contributed by atoms with van der Waals surface area (Å²) in [6.45, 7) is 11.2. The Morgan fingerprint density at radius 2 is 1.92 bits per heavy atom. The van der Waals surface area contributed by atoms with Crippen LogP contribution in [0.2, 0.25) is 0 Å². The number of pyridine rings is 1. The Labute approximate surface area is 159 Å². The number of hydrogen-bond donors (Lipinski definition) is 0. The fraction of sp³-hybridized carbons (Fsp3) is 0.400. The highest BCUT2D eigenvalue weighted by molar-refractivity contribution is 9.10. The van der Waals surface area contributed by atoms with Crippen LogP contribution < -0.4 is 4.74 Å². The number of nitrogens with zero attached hydrogens (tertiary/aromatic N) is 3. The van der Waals surface area contributed by atoms with E-state index in [-0.39, 0.29) is 6.10 Å². The summed E-state index contributed by atoms with van der Waals surface area (Å²) in [5.74, 6) is 0.593. The van der Waals surface area contributed by atoms with Crippen molar-refractivity contribution in [1.29, 1.82) is 0 Å². The minimum Gasteiger partial charge on any atom is -0.469 e. The summed E-state index contributed by atoms with van der Waals surface area (Å²) in [6.07, 6.45) is 1.74. The summed E-state index contributed by atoms with van der Waals surface area (Å²) in [7, 11) is 1.99. The van der Waals surface area contributed by atoms with Crippen molar-refractivity contribution in [2.75, 3.05) is 13.6 Å². The molecule has 1 unspecified atom stereocenters. The quantitative estimate of drug-likeness (QED) is 0.470. The normalized spacial score (nSPS) is 12.4. The predicted molar refractivity (Wildman–Crippen MR) is 108 cm³/mol. The summed E-state index contributed by atoms with van der Waals surface area (Å²) >= 11 is 3.57. The minimum atomic E-state index is -0.0787. The molecule has 4 nitrogen and oxygen atoms in total. The number of ether oxygens (including phenoxy) is 1. The Kier molecular flexibility index (Phi) is 6.59. The van der Waals surface area contributed by atoms with Gasteiger partial charge in [-0.05, 0) is 73.3 Å². The molecule has 25 heavy (non-hydrogen) atoms. The summed E-state index contributed by atoms with van der Waals surface area (Å²) < 4.78 is 6.96. The molecule has 2 aromatic rings. The van der Waals surface area contributed by atoms with E-state index >= 15 is 0 Å². The third kappa shape index (κ3) is 4.82. The van der Waals surface area contributed by atoms with E-state index in [0.29, 0.717) is 5.88 Å². The molecule has 5 heteroatoms. The van der Waals surface area contributed by atoms with Gasteiger partial charge >= 0.3 is 0 Å². The predicted octanol–water partition coefficient (Wildman–Crippen LogP) is 5.52. The number of hydrogen-bond acceptors (Lipinski definition) is 3. The molecule has 0 aliphatic rings. The minimum absolute atomic E-state index is 0.0787. The van der Waals surface area contributed by atoms with Crippen LogP contribution in [-0.4, -0.2) is 29.8 Å². The van der Waals surface area contributed by atoms with Crippen LogP contribution in [0.15, 0.2) is 33.7 Å².